The number of nitrogen functional groups attached to an aromatic ring is 1. The van der Waals surface area contributed by atoms with Crippen molar-refractivity contribution in [2.75, 3.05) is 12.3 Å². The molecule has 0 aliphatic rings. The molecule has 0 spiro atoms. The zero-order valence-corrected chi connectivity index (χ0v) is 10.6. The summed E-state index contributed by atoms with van der Waals surface area (Å²) in [5.41, 5.74) is 3.77. The number of halogens is 3. The Labute approximate surface area is 116 Å². The zero-order chi connectivity index (χ0) is 14.8. The van der Waals surface area contributed by atoms with E-state index < -0.39 is 36.3 Å². The molecule has 11 heteroatoms. The molecule has 20 heavy (non-hydrogen) atoms. The molecule has 0 aliphatic heterocycles. The molecule has 0 unspecified atom stereocenters. The molecule has 1 rings (SSSR count). The summed E-state index contributed by atoms with van der Waals surface area (Å²) in [6, 6.07) is 0.935. The molecule has 0 aromatic carbocycles. The first-order valence-corrected chi connectivity index (χ1v) is 4.96. The monoisotopic (exact) mass is 315 g/mol. The summed E-state index contributed by atoms with van der Waals surface area (Å²) in [4.78, 5) is 25.7. The predicted octanol–water partition coefficient (Wildman–Crippen LogP) is -1.76. The molecule has 0 saturated heterocycles. The van der Waals surface area contributed by atoms with Crippen molar-refractivity contribution in [3.05, 3.63) is 22.7 Å². The van der Waals surface area contributed by atoms with Gasteiger partial charge in [-0.05, 0) is 6.07 Å². The van der Waals surface area contributed by atoms with E-state index in [0.29, 0.717) is 6.20 Å². The van der Waals surface area contributed by atoms with Crippen molar-refractivity contribution in [3.8, 4) is 0 Å². The zero-order valence-electron chi connectivity index (χ0n) is 9.81. The molecule has 0 bridgehead atoms. The Balaban J connectivity index is 0.00000361. The van der Waals surface area contributed by atoms with Gasteiger partial charge in [-0.3, -0.25) is 4.79 Å². The molecule has 0 fully saturated rings. The fraction of sp³-hybridized carbons (Fsp3) is 0.444. The van der Waals surface area contributed by atoms with Crippen molar-refractivity contribution >= 4 is 24.1 Å². The second kappa shape index (κ2) is 6.70. The van der Waals surface area contributed by atoms with Gasteiger partial charge < -0.3 is 21.1 Å². The fourth-order valence-electron chi connectivity index (χ4n) is 1.20. The van der Waals surface area contributed by atoms with Gasteiger partial charge in [-0.25, -0.2) is 9.36 Å². The molecule has 0 amide bonds. The van der Waals surface area contributed by atoms with Crippen LogP contribution in [0.3, 0.4) is 0 Å². The first-order valence-electron chi connectivity index (χ1n) is 4.96. The Morgan fingerprint density at radius 1 is 1.50 bits per heavy atom. The third kappa shape index (κ3) is 3.48. The van der Waals surface area contributed by atoms with Crippen LogP contribution in [0.5, 0.6) is 0 Å². The molecular formula is C9H12ClF2N3O5. The van der Waals surface area contributed by atoms with Gasteiger partial charge >= 0.3 is 17.5 Å². The normalized spacial score (nSPS) is 14.2. The van der Waals surface area contributed by atoms with Crippen LogP contribution in [0.25, 0.3) is 0 Å². The molecule has 0 radical (unpaired) electrons. The molecule has 2 atom stereocenters. The van der Waals surface area contributed by atoms with E-state index in [-0.39, 0.29) is 22.8 Å². The van der Waals surface area contributed by atoms with Crippen molar-refractivity contribution in [3.63, 3.8) is 0 Å². The third-order valence-electron chi connectivity index (χ3n) is 2.25. The summed E-state index contributed by atoms with van der Waals surface area (Å²) >= 11 is 0. The maximum atomic E-state index is 13.5. The van der Waals surface area contributed by atoms with E-state index in [1.807, 2.05) is 0 Å². The first-order chi connectivity index (χ1) is 8.71. The summed E-state index contributed by atoms with van der Waals surface area (Å²) < 4.78 is 27.0. The highest BCUT2D eigenvalue weighted by molar-refractivity contribution is 5.86. The Morgan fingerprint density at radius 2 is 2.05 bits per heavy atom. The molecule has 0 aliphatic carbocycles. The van der Waals surface area contributed by atoms with Crippen LogP contribution in [0.1, 0.15) is 4.79 Å². The van der Waals surface area contributed by atoms with E-state index in [1.54, 1.807) is 0 Å². The standard InChI is InChI=1S/C9H11F2N3O5.ClH/c10-9(11,6(17)4(16)3-15)7(18)14-2-1-5(12)13-8(14)19;/h1-2,4,6,15-17H,3H2,(H2,12,13,19);1H/t4-,6-;/m1./s1. The number of carbonyl (C=O) groups is 1. The van der Waals surface area contributed by atoms with E-state index in [1.165, 1.54) is 0 Å². The predicted molar refractivity (Wildman–Crippen MR) is 64.8 cm³/mol. The quantitative estimate of drug-likeness (QED) is 0.516. The number of anilines is 1. The summed E-state index contributed by atoms with van der Waals surface area (Å²) in [7, 11) is 0. The van der Waals surface area contributed by atoms with Crippen LogP contribution >= 0.6 is 12.4 Å². The Bertz CT molecular complexity index is 539. The van der Waals surface area contributed by atoms with Gasteiger partial charge in [0.1, 0.15) is 11.9 Å². The van der Waals surface area contributed by atoms with E-state index in [9.17, 15) is 18.4 Å². The van der Waals surface area contributed by atoms with Gasteiger partial charge in [-0.2, -0.15) is 13.8 Å². The van der Waals surface area contributed by atoms with E-state index in [2.05, 4.69) is 4.98 Å². The minimum absolute atomic E-state index is 0. The van der Waals surface area contributed by atoms with Crippen LogP contribution in [0.15, 0.2) is 17.1 Å². The van der Waals surface area contributed by atoms with Gasteiger partial charge in [-0.15, -0.1) is 12.4 Å². The van der Waals surface area contributed by atoms with E-state index in [0.717, 1.165) is 6.07 Å². The Hall–Kier alpha value is -1.62. The molecule has 1 aromatic rings. The first kappa shape index (κ1) is 18.4. The maximum Gasteiger partial charge on any atom is 0.356 e. The lowest BCUT2D eigenvalue weighted by Gasteiger charge is -2.24. The number of hydrogen-bond acceptors (Lipinski definition) is 7. The van der Waals surface area contributed by atoms with Crippen LogP contribution < -0.4 is 11.4 Å². The van der Waals surface area contributed by atoms with Crippen molar-refractivity contribution in [1.29, 1.82) is 0 Å². The van der Waals surface area contributed by atoms with Crippen LogP contribution in [0.2, 0.25) is 0 Å². The molecule has 5 N–H and O–H groups in total. The van der Waals surface area contributed by atoms with Gasteiger partial charge in [0, 0.05) is 6.20 Å². The molecule has 114 valence electrons. The largest absolute Gasteiger partial charge is 0.394 e. The number of aliphatic hydroxyl groups excluding tert-OH is 3. The van der Waals surface area contributed by atoms with Crippen molar-refractivity contribution in [2.45, 2.75) is 18.1 Å². The lowest BCUT2D eigenvalue weighted by molar-refractivity contribution is -0.136. The SMILES string of the molecule is Cl.Nc1ccn(C(=O)C(F)(F)[C@H](O)[C@H](O)CO)c(=O)n1. The molecular weight excluding hydrogens is 304 g/mol. The molecule has 1 aromatic heterocycles. The number of nitrogens with two attached hydrogens (primary N) is 1. The van der Waals surface area contributed by atoms with Gasteiger partial charge in [0.25, 0.3) is 0 Å². The highest BCUT2D eigenvalue weighted by Crippen LogP contribution is 2.23. The number of nitrogens with zero attached hydrogens (tertiary/aromatic N) is 2. The Morgan fingerprint density at radius 3 is 2.50 bits per heavy atom. The number of aromatic nitrogens is 2. The minimum atomic E-state index is -4.48. The molecule has 0 saturated carbocycles. The van der Waals surface area contributed by atoms with Crippen molar-refractivity contribution < 1.29 is 28.9 Å². The average Bonchev–Trinajstić information content (AvgIpc) is 2.36. The number of rotatable bonds is 4. The summed E-state index contributed by atoms with van der Waals surface area (Å²) in [6.07, 6.45) is -4.44. The number of alkyl halides is 2. The van der Waals surface area contributed by atoms with Crippen LogP contribution in [0.4, 0.5) is 14.6 Å². The topological polar surface area (TPSA) is 139 Å². The smallest absolute Gasteiger partial charge is 0.356 e. The molecule has 8 nitrogen and oxygen atoms in total. The lowest BCUT2D eigenvalue weighted by Crippen LogP contribution is -2.53. The van der Waals surface area contributed by atoms with E-state index >= 15 is 0 Å². The molecule has 1 heterocycles. The summed E-state index contributed by atoms with van der Waals surface area (Å²) in [5, 5.41) is 26.5. The van der Waals surface area contributed by atoms with Crippen molar-refractivity contribution in [1.82, 2.24) is 9.55 Å². The van der Waals surface area contributed by atoms with Gasteiger partial charge in [0.2, 0.25) is 0 Å². The average molecular weight is 316 g/mol. The van der Waals surface area contributed by atoms with E-state index in [4.69, 9.17) is 21.1 Å². The summed E-state index contributed by atoms with van der Waals surface area (Å²) in [5.74, 6) is -6.85. The van der Waals surface area contributed by atoms with Gasteiger partial charge in [0.15, 0.2) is 6.10 Å². The van der Waals surface area contributed by atoms with Crippen molar-refractivity contribution in [2.24, 2.45) is 0 Å². The number of carbonyl (C=O) groups excluding carboxylic acids is 1. The second-order valence-electron chi connectivity index (χ2n) is 3.63. The number of hydrogen-bond donors (Lipinski definition) is 4. The minimum Gasteiger partial charge on any atom is -0.394 e. The Kier molecular flexibility index (Phi) is 6.16. The number of aliphatic hydroxyl groups is 3. The highest BCUT2D eigenvalue weighted by atomic mass is 35.5. The lowest BCUT2D eigenvalue weighted by atomic mass is 10.1. The van der Waals surface area contributed by atoms with Crippen LogP contribution in [-0.4, -0.2) is 55.5 Å². The fourth-order valence-corrected chi connectivity index (χ4v) is 1.20. The summed E-state index contributed by atoms with van der Waals surface area (Å²) in [6.45, 7) is -1.18. The second-order valence-corrected chi connectivity index (χ2v) is 3.63. The highest BCUT2D eigenvalue weighted by Gasteiger charge is 2.50. The third-order valence-corrected chi connectivity index (χ3v) is 2.25. The maximum absolute atomic E-state index is 13.5. The van der Waals surface area contributed by atoms with Gasteiger partial charge in [0.05, 0.1) is 6.61 Å². The van der Waals surface area contributed by atoms with Gasteiger partial charge in [-0.1, -0.05) is 0 Å². The van der Waals surface area contributed by atoms with Crippen LogP contribution in [0, 0.1) is 0 Å². The van der Waals surface area contributed by atoms with Crippen LogP contribution in [-0.2, 0) is 0 Å².